The number of halogens is 1. The number of benzene rings is 2. The molecule has 2 aromatic carbocycles. The number of rotatable bonds is 5. The Bertz CT molecular complexity index is 651. The van der Waals surface area contributed by atoms with E-state index in [0.29, 0.717) is 18.2 Å². The molecule has 3 nitrogen and oxygen atoms in total. The SMILES string of the molecule is Oc1ccccc1CC1CCN(CC(O)c2ccc(F)cc2)CC1. The highest BCUT2D eigenvalue weighted by Gasteiger charge is 2.22. The molecule has 4 heteroatoms. The lowest BCUT2D eigenvalue weighted by molar-refractivity contribution is 0.0892. The highest BCUT2D eigenvalue weighted by Crippen LogP contribution is 2.27. The first-order valence-corrected chi connectivity index (χ1v) is 8.54. The van der Waals surface area contributed by atoms with E-state index in [9.17, 15) is 14.6 Å². The average Bonchev–Trinajstić information content (AvgIpc) is 2.59. The van der Waals surface area contributed by atoms with Crippen LogP contribution in [0.1, 0.15) is 30.1 Å². The molecule has 1 unspecified atom stereocenters. The van der Waals surface area contributed by atoms with E-state index in [4.69, 9.17) is 0 Å². The van der Waals surface area contributed by atoms with Crippen molar-refractivity contribution in [2.24, 2.45) is 5.92 Å². The van der Waals surface area contributed by atoms with Gasteiger partial charge in [-0.3, -0.25) is 0 Å². The second kappa shape index (κ2) is 7.77. The summed E-state index contributed by atoms with van der Waals surface area (Å²) in [5.74, 6) is 0.667. The minimum absolute atomic E-state index is 0.282. The quantitative estimate of drug-likeness (QED) is 0.882. The van der Waals surface area contributed by atoms with Crippen molar-refractivity contribution >= 4 is 0 Å². The standard InChI is InChI=1S/C20H24FNO2/c21-18-7-5-16(6-8-18)20(24)14-22-11-9-15(10-12-22)13-17-3-1-2-4-19(17)23/h1-8,15,20,23-24H,9-14H2. The first-order chi connectivity index (χ1) is 11.6. The number of aromatic hydroxyl groups is 1. The smallest absolute Gasteiger partial charge is 0.123 e. The van der Waals surface area contributed by atoms with Crippen LogP contribution in [0.15, 0.2) is 48.5 Å². The van der Waals surface area contributed by atoms with Gasteiger partial charge in [-0.05, 0) is 67.6 Å². The lowest BCUT2D eigenvalue weighted by atomic mass is 9.89. The van der Waals surface area contributed by atoms with Gasteiger partial charge in [0.05, 0.1) is 6.10 Å². The molecule has 3 rings (SSSR count). The van der Waals surface area contributed by atoms with Crippen LogP contribution in [0.4, 0.5) is 4.39 Å². The lowest BCUT2D eigenvalue weighted by Gasteiger charge is -2.33. The predicted molar refractivity (Wildman–Crippen MR) is 92.3 cm³/mol. The highest BCUT2D eigenvalue weighted by molar-refractivity contribution is 5.32. The van der Waals surface area contributed by atoms with E-state index in [1.165, 1.54) is 12.1 Å². The van der Waals surface area contributed by atoms with Gasteiger partial charge in [0.15, 0.2) is 0 Å². The number of piperidine rings is 1. The van der Waals surface area contributed by atoms with Gasteiger partial charge < -0.3 is 15.1 Å². The van der Waals surface area contributed by atoms with Crippen LogP contribution in [0.25, 0.3) is 0 Å². The summed E-state index contributed by atoms with van der Waals surface area (Å²) in [5, 5.41) is 20.2. The van der Waals surface area contributed by atoms with Crippen LogP contribution in [0.3, 0.4) is 0 Å². The molecular weight excluding hydrogens is 305 g/mol. The van der Waals surface area contributed by atoms with Gasteiger partial charge in [-0.25, -0.2) is 4.39 Å². The second-order valence-electron chi connectivity index (χ2n) is 6.64. The van der Waals surface area contributed by atoms with E-state index in [1.54, 1.807) is 18.2 Å². The van der Waals surface area contributed by atoms with Gasteiger partial charge in [-0.1, -0.05) is 30.3 Å². The minimum atomic E-state index is -0.583. The van der Waals surface area contributed by atoms with Crippen LogP contribution in [0.2, 0.25) is 0 Å². The molecular formula is C20H24FNO2. The summed E-state index contributed by atoms with van der Waals surface area (Å²) in [7, 11) is 0. The monoisotopic (exact) mass is 329 g/mol. The third kappa shape index (κ3) is 4.34. The molecule has 0 radical (unpaired) electrons. The molecule has 0 saturated carbocycles. The summed E-state index contributed by atoms with van der Waals surface area (Å²) in [6.07, 6.45) is 2.44. The number of aliphatic hydroxyl groups excluding tert-OH is 1. The highest BCUT2D eigenvalue weighted by atomic mass is 19.1. The predicted octanol–water partition coefficient (Wildman–Crippen LogP) is 3.52. The number of aliphatic hydroxyl groups is 1. The van der Waals surface area contributed by atoms with Crippen LogP contribution < -0.4 is 0 Å². The summed E-state index contributed by atoms with van der Waals surface area (Å²) in [5.41, 5.74) is 1.77. The Hall–Kier alpha value is -1.91. The zero-order chi connectivity index (χ0) is 16.9. The Labute approximate surface area is 142 Å². The maximum Gasteiger partial charge on any atom is 0.123 e. The molecule has 0 aliphatic carbocycles. The Balaban J connectivity index is 1.48. The van der Waals surface area contributed by atoms with E-state index in [0.717, 1.165) is 43.5 Å². The third-order valence-electron chi connectivity index (χ3n) is 4.89. The number of hydrogen-bond donors (Lipinski definition) is 2. The number of likely N-dealkylation sites (tertiary alicyclic amines) is 1. The fraction of sp³-hybridized carbons (Fsp3) is 0.400. The molecule has 1 aliphatic heterocycles. The maximum atomic E-state index is 12.9. The number of nitrogens with zero attached hydrogens (tertiary/aromatic N) is 1. The lowest BCUT2D eigenvalue weighted by Crippen LogP contribution is -2.37. The number of phenolic OH excluding ortho intramolecular Hbond substituents is 1. The van der Waals surface area contributed by atoms with Gasteiger partial charge in [-0.15, -0.1) is 0 Å². The molecule has 0 amide bonds. The summed E-state index contributed by atoms with van der Waals surface area (Å²) in [4.78, 5) is 2.26. The van der Waals surface area contributed by atoms with Gasteiger partial charge in [-0.2, -0.15) is 0 Å². The average molecular weight is 329 g/mol. The molecule has 24 heavy (non-hydrogen) atoms. The van der Waals surface area contributed by atoms with E-state index >= 15 is 0 Å². The van der Waals surface area contributed by atoms with Crippen molar-refractivity contribution in [1.82, 2.24) is 4.90 Å². The van der Waals surface area contributed by atoms with Crippen molar-refractivity contribution in [3.63, 3.8) is 0 Å². The van der Waals surface area contributed by atoms with E-state index in [1.807, 2.05) is 18.2 Å². The van der Waals surface area contributed by atoms with Crippen molar-refractivity contribution in [3.05, 3.63) is 65.5 Å². The van der Waals surface area contributed by atoms with Crippen molar-refractivity contribution in [2.45, 2.75) is 25.4 Å². The van der Waals surface area contributed by atoms with Crippen molar-refractivity contribution in [1.29, 1.82) is 0 Å². The van der Waals surface area contributed by atoms with Crippen molar-refractivity contribution in [3.8, 4) is 5.75 Å². The molecule has 1 aliphatic rings. The van der Waals surface area contributed by atoms with E-state index < -0.39 is 6.10 Å². The Morgan fingerprint density at radius 1 is 1.04 bits per heavy atom. The first-order valence-electron chi connectivity index (χ1n) is 8.54. The Morgan fingerprint density at radius 2 is 1.71 bits per heavy atom. The van der Waals surface area contributed by atoms with Gasteiger partial charge in [0.2, 0.25) is 0 Å². The number of β-amino-alcohol motifs (C(OH)–C–C–N with tert-alkyl or cyclic N) is 1. The Kier molecular flexibility index (Phi) is 5.48. The third-order valence-corrected chi connectivity index (χ3v) is 4.89. The van der Waals surface area contributed by atoms with Crippen molar-refractivity contribution < 1.29 is 14.6 Å². The summed E-state index contributed by atoms with van der Waals surface area (Å²) in [6.45, 7) is 2.46. The minimum Gasteiger partial charge on any atom is -0.508 e. The topological polar surface area (TPSA) is 43.7 Å². The summed E-state index contributed by atoms with van der Waals surface area (Å²) < 4.78 is 12.9. The van der Waals surface area contributed by atoms with Crippen molar-refractivity contribution in [2.75, 3.05) is 19.6 Å². The molecule has 0 bridgehead atoms. The van der Waals surface area contributed by atoms with Crippen LogP contribution in [0.5, 0.6) is 5.75 Å². The molecule has 2 N–H and O–H groups in total. The van der Waals surface area contributed by atoms with Crippen LogP contribution >= 0.6 is 0 Å². The largest absolute Gasteiger partial charge is 0.508 e. The fourth-order valence-corrected chi connectivity index (χ4v) is 3.40. The second-order valence-corrected chi connectivity index (χ2v) is 6.64. The Morgan fingerprint density at radius 3 is 2.38 bits per heavy atom. The molecule has 1 heterocycles. The summed E-state index contributed by atoms with van der Waals surface area (Å²) in [6, 6.07) is 13.6. The van der Waals surface area contributed by atoms with E-state index in [-0.39, 0.29) is 5.82 Å². The zero-order valence-electron chi connectivity index (χ0n) is 13.7. The van der Waals surface area contributed by atoms with Gasteiger partial charge in [0.25, 0.3) is 0 Å². The number of phenols is 1. The zero-order valence-corrected chi connectivity index (χ0v) is 13.7. The van der Waals surface area contributed by atoms with E-state index in [2.05, 4.69) is 4.90 Å². The van der Waals surface area contributed by atoms with Crippen LogP contribution in [0, 0.1) is 11.7 Å². The molecule has 1 saturated heterocycles. The fourth-order valence-electron chi connectivity index (χ4n) is 3.40. The van der Waals surface area contributed by atoms with Crippen LogP contribution in [-0.4, -0.2) is 34.7 Å². The van der Waals surface area contributed by atoms with Gasteiger partial charge >= 0.3 is 0 Å². The van der Waals surface area contributed by atoms with Gasteiger partial charge in [0, 0.05) is 6.54 Å². The molecule has 1 fully saturated rings. The molecule has 2 aromatic rings. The number of para-hydroxylation sites is 1. The summed E-state index contributed by atoms with van der Waals surface area (Å²) >= 11 is 0. The number of hydrogen-bond acceptors (Lipinski definition) is 3. The molecule has 0 aromatic heterocycles. The molecule has 1 atom stereocenters. The molecule has 0 spiro atoms. The first kappa shape index (κ1) is 16.9. The van der Waals surface area contributed by atoms with Gasteiger partial charge in [0.1, 0.15) is 11.6 Å². The normalized spacial score (nSPS) is 17.8. The molecule has 128 valence electrons. The maximum absolute atomic E-state index is 12.9. The van der Waals surface area contributed by atoms with Crippen LogP contribution in [-0.2, 0) is 6.42 Å².